The molecule has 1 N–H and O–H groups in total. The zero-order valence-corrected chi connectivity index (χ0v) is 14.3. The van der Waals surface area contributed by atoms with Crippen LogP contribution in [-0.2, 0) is 0 Å². The van der Waals surface area contributed by atoms with Gasteiger partial charge in [0.05, 0.1) is 0 Å². The number of halogens is 1. The number of pyridine rings is 1. The summed E-state index contributed by atoms with van der Waals surface area (Å²) in [5.41, 5.74) is 1.25. The number of hydrogen-bond donors (Lipinski definition) is 1. The Kier molecular flexibility index (Phi) is 3.89. The first-order valence-corrected chi connectivity index (χ1v) is 8.46. The molecule has 3 aromatic heterocycles. The van der Waals surface area contributed by atoms with Gasteiger partial charge >= 0.3 is 0 Å². The molecule has 0 aromatic carbocycles. The molecule has 4 rings (SSSR count). The van der Waals surface area contributed by atoms with Gasteiger partial charge in [0, 0.05) is 42.2 Å². The molecule has 0 unspecified atom stereocenters. The van der Waals surface area contributed by atoms with E-state index in [-0.39, 0.29) is 11.9 Å². The maximum Gasteiger partial charge on any atom is 0.270 e. The Bertz CT molecular complexity index is 878. The summed E-state index contributed by atoms with van der Waals surface area (Å²) in [7, 11) is 0. The molecule has 1 aliphatic rings. The highest BCUT2D eigenvalue weighted by Crippen LogP contribution is 2.18. The molecule has 24 heavy (non-hydrogen) atoms. The molecular formula is C16H15BrN6O. The lowest BCUT2D eigenvalue weighted by Crippen LogP contribution is -2.37. The number of carbonyl (C=O) groups is 1. The molecule has 0 spiro atoms. The van der Waals surface area contributed by atoms with E-state index in [2.05, 4.69) is 41.2 Å². The molecule has 1 fully saturated rings. The van der Waals surface area contributed by atoms with E-state index < -0.39 is 0 Å². The normalized spacial score (nSPS) is 17.4. The lowest BCUT2D eigenvalue weighted by atomic mass is 10.2. The van der Waals surface area contributed by atoms with Crippen LogP contribution < -0.4 is 10.2 Å². The van der Waals surface area contributed by atoms with E-state index in [9.17, 15) is 4.79 Å². The van der Waals surface area contributed by atoms with Gasteiger partial charge in [0.25, 0.3) is 5.91 Å². The molecule has 1 amide bonds. The number of anilines is 1. The number of aromatic nitrogens is 4. The quantitative estimate of drug-likeness (QED) is 0.743. The van der Waals surface area contributed by atoms with Gasteiger partial charge in [0.2, 0.25) is 0 Å². The van der Waals surface area contributed by atoms with Crippen molar-refractivity contribution in [2.75, 3.05) is 18.0 Å². The summed E-state index contributed by atoms with van der Waals surface area (Å²) in [6, 6.07) is 7.51. The van der Waals surface area contributed by atoms with E-state index in [1.54, 1.807) is 23.0 Å². The minimum atomic E-state index is -0.146. The van der Waals surface area contributed by atoms with E-state index >= 15 is 0 Å². The van der Waals surface area contributed by atoms with Crippen molar-refractivity contribution < 1.29 is 4.79 Å². The van der Waals surface area contributed by atoms with Crippen LogP contribution in [0.5, 0.6) is 0 Å². The monoisotopic (exact) mass is 386 g/mol. The van der Waals surface area contributed by atoms with Crippen LogP contribution in [0, 0.1) is 0 Å². The Labute approximate surface area is 146 Å². The van der Waals surface area contributed by atoms with Crippen molar-refractivity contribution in [3.63, 3.8) is 0 Å². The van der Waals surface area contributed by atoms with Crippen molar-refractivity contribution in [3.05, 3.63) is 53.0 Å². The highest BCUT2D eigenvalue weighted by atomic mass is 79.9. The first-order valence-electron chi connectivity index (χ1n) is 7.67. The Morgan fingerprint density at radius 1 is 1.25 bits per heavy atom. The number of amides is 1. The summed E-state index contributed by atoms with van der Waals surface area (Å²) in [5.74, 6) is 0.742. The van der Waals surface area contributed by atoms with Gasteiger partial charge in [0.1, 0.15) is 11.5 Å². The van der Waals surface area contributed by atoms with Gasteiger partial charge in [-0.15, -0.1) is 5.10 Å². The minimum Gasteiger partial charge on any atom is -0.353 e. The molecule has 1 atom stereocenters. The van der Waals surface area contributed by atoms with Gasteiger partial charge in [-0.3, -0.25) is 4.79 Å². The first-order chi connectivity index (χ1) is 11.7. The molecule has 3 aromatic rings. The Morgan fingerprint density at radius 3 is 3.00 bits per heavy atom. The summed E-state index contributed by atoms with van der Waals surface area (Å²) in [5, 5.41) is 7.59. The third-order valence-corrected chi connectivity index (χ3v) is 4.52. The number of nitrogens with zero attached hydrogens (tertiary/aromatic N) is 5. The predicted octanol–water partition coefficient (Wildman–Crippen LogP) is 1.90. The molecule has 8 heteroatoms. The zero-order valence-electron chi connectivity index (χ0n) is 12.8. The van der Waals surface area contributed by atoms with Gasteiger partial charge in [-0.05, 0) is 46.6 Å². The standard InChI is InChI=1S/C16H15BrN6O/c17-11-1-2-13(19-9-11)16(24)20-12-5-7-22(10-12)15-4-3-14-18-6-8-23(14)21-15/h1-4,6,8-9,12H,5,7,10H2,(H,20,24)/t12-/m0/s1. The number of fused-ring (bicyclic) bond motifs is 1. The molecule has 122 valence electrons. The van der Waals surface area contributed by atoms with Crippen LogP contribution >= 0.6 is 15.9 Å². The van der Waals surface area contributed by atoms with E-state index in [1.807, 2.05) is 24.4 Å². The average molecular weight is 387 g/mol. The Morgan fingerprint density at radius 2 is 2.17 bits per heavy atom. The van der Waals surface area contributed by atoms with Crippen molar-refractivity contribution in [2.45, 2.75) is 12.5 Å². The van der Waals surface area contributed by atoms with E-state index in [4.69, 9.17) is 0 Å². The summed E-state index contributed by atoms with van der Waals surface area (Å²) in [6.07, 6.45) is 6.06. The van der Waals surface area contributed by atoms with Gasteiger partial charge in [-0.1, -0.05) is 0 Å². The first kappa shape index (κ1) is 15.1. The fourth-order valence-corrected chi connectivity index (χ4v) is 3.06. The van der Waals surface area contributed by atoms with Crippen molar-refractivity contribution in [1.82, 2.24) is 24.9 Å². The minimum absolute atomic E-state index is 0.0863. The van der Waals surface area contributed by atoms with Crippen LogP contribution in [0.25, 0.3) is 5.65 Å². The number of nitrogens with one attached hydrogen (secondary N) is 1. The summed E-state index contributed by atoms with van der Waals surface area (Å²) in [4.78, 5) is 22.8. The lowest BCUT2D eigenvalue weighted by Gasteiger charge is -2.17. The van der Waals surface area contributed by atoms with Crippen molar-refractivity contribution in [1.29, 1.82) is 0 Å². The van der Waals surface area contributed by atoms with Gasteiger partial charge in [-0.25, -0.2) is 14.5 Å². The molecule has 1 aliphatic heterocycles. The fourth-order valence-electron chi connectivity index (χ4n) is 2.83. The van der Waals surface area contributed by atoms with E-state index in [0.29, 0.717) is 5.69 Å². The van der Waals surface area contributed by atoms with Gasteiger partial charge in [-0.2, -0.15) is 0 Å². The third kappa shape index (κ3) is 2.96. The smallest absolute Gasteiger partial charge is 0.270 e. The highest BCUT2D eigenvalue weighted by Gasteiger charge is 2.25. The third-order valence-electron chi connectivity index (χ3n) is 4.05. The molecule has 0 bridgehead atoms. The van der Waals surface area contributed by atoms with Crippen molar-refractivity contribution in [2.24, 2.45) is 0 Å². The number of rotatable bonds is 3. The van der Waals surface area contributed by atoms with E-state index in [1.165, 1.54) is 0 Å². The predicted molar refractivity (Wildman–Crippen MR) is 93.0 cm³/mol. The zero-order chi connectivity index (χ0) is 16.5. The molecule has 0 radical (unpaired) electrons. The topological polar surface area (TPSA) is 75.4 Å². The van der Waals surface area contributed by atoms with E-state index in [0.717, 1.165) is 35.4 Å². The van der Waals surface area contributed by atoms with Crippen molar-refractivity contribution >= 4 is 33.3 Å². The molecule has 0 aliphatic carbocycles. The van der Waals surface area contributed by atoms with Crippen LogP contribution in [0.3, 0.4) is 0 Å². The summed E-state index contributed by atoms with van der Waals surface area (Å²) >= 11 is 3.32. The van der Waals surface area contributed by atoms with Crippen LogP contribution in [0.4, 0.5) is 5.82 Å². The molecule has 1 saturated heterocycles. The highest BCUT2D eigenvalue weighted by molar-refractivity contribution is 9.10. The largest absolute Gasteiger partial charge is 0.353 e. The molecule has 0 saturated carbocycles. The van der Waals surface area contributed by atoms with Crippen LogP contribution in [0.15, 0.2) is 47.3 Å². The van der Waals surface area contributed by atoms with Crippen LogP contribution in [0.2, 0.25) is 0 Å². The fraction of sp³-hybridized carbons (Fsp3) is 0.250. The second-order valence-electron chi connectivity index (χ2n) is 5.69. The molecular weight excluding hydrogens is 372 g/mol. The summed E-state index contributed by atoms with van der Waals surface area (Å²) < 4.78 is 2.61. The molecule has 7 nitrogen and oxygen atoms in total. The number of hydrogen-bond acceptors (Lipinski definition) is 5. The maximum atomic E-state index is 12.3. The SMILES string of the molecule is O=C(N[C@H]1CCN(c2ccc3nccn3n2)C1)c1ccc(Br)cn1. The number of carbonyl (C=O) groups excluding carboxylic acids is 1. The number of imidazole rings is 1. The Balaban J connectivity index is 1.42. The van der Waals surface area contributed by atoms with Gasteiger partial charge in [0.15, 0.2) is 5.65 Å². The molecule has 4 heterocycles. The average Bonchev–Trinajstić information content (AvgIpc) is 3.23. The second kappa shape index (κ2) is 6.20. The van der Waals surface area contributed by atoms with Crippen LogP contribution in [0.1, 0.15) is 16.9 Å². The lowest BCUT2D eigenvalue weighted by molar-refractivity contribution is 0.0935. The van der Waals surface area contributed by atoms with Crippen molar-refractivity contribution in [3.8, 4) is 0 Å². The second-order valence-corrected chi connectivity index (χ2v) is 6.60. The summed E-state index contributed by atoms with van der Waals surface area (Å²) in [6.45, 7) is 1.58. The van der Waals surface area contributed by atoms with Gasteiger partial charge < -0.3 is 10.2 Å². The van der Waals surface area contributed by atoms with Crippen LogP contribution in [-0.4, -0.2) is 44.6 Å². The maximum absolute atomic E-state index is 12.3. The Hall–Kier alpha value is -2.48.